The average Bonchev–Trinajstić information content (AvgIpc) is 2.46. The highest BCUT2D eigenvalue weighted by Gasteiger charge is 2.27. The number of halogens is 5. The van der Waals surface area contributed by atoms with Crippen LogP contribution in [0.2, 0.25) is 0 Å². The van der Waals surface area contributed by atoms with Crippen molar-refractivity contribution in [3.63, 3.8) is 0 Å². The van der Waals surface area contributed by atoms with Crippen molar-refractivity contribution >= 4 is 0 Å². The average molecular weight is 308 g/mol. The number of hydrogen-bond donors (Lipinski definition) is 1. The standard InChI is InChI=1S/C13H13F5N2O/c1-13(20,6-19)4-2-3-5-21-12-10(17)8(15)7(14)9(16)11(12)18/h2-5,20H2,1H3. The van der Waals surface area contributed by atoms with Crippen molar-refractivity contribution in [1.29, 1.82) is 5.26 Å². The number of nitrogens with two attached hydrogens (primary N) is 1. The molecule has 0 radical (unpaired) electrons. The van der Waals surface area contributed by atoms with Gasteiger partial charge in [-0.15, -0.1) is 0 Å². The highest BCUT2D eigenvalue weighted by molar-refractivity contribution is 5.29. The van der Waals surface area contributed by atoms with Crippen LogP contribution in [-0.2, 0) is 0 Å². The second-order valence-corrected chi connectivity index (χ2v) is 4.73. The van der Waals surface area contributed by atoms with Crippen LogP contribution in [0.4, 0.5) is 22.0 Å². The summed E-state index contributed by atoms with van der Waals surface area (Å²) >= 11 is 0. The van der Waals surface area contributed by atoms with E-state index in [1.54, 1.807) is 0 Å². The molecule has 0 saturated heterocycles. The van der Waals surface area contributed by atoms with Crippen LogP contribution in [0.25, 0.3) is 0 Å². The third kappa shape index (κ3) is 4.04. The summed E-state index contributed by atoms with van der Waals surface area (Å²) in [7, 11) is 0. The Balaban J connectivity index is 2.64. The molecule has 2 N–H and O–H groups in total. The highest BCUT2D eigenvalue weighted by Crippen LogP contribution is 2.29. The van der Waals surface area contributed by atoms with Crippen molar-refractivity contribution < 1.29 is 26.7 Å². The Morgan fingerprint density at radius 1 is 1.00 bits per heavy atom. The minimum absolute atomic E-state index is 0.244. The Morgan fingerprint density at radius 2 is 1.48 bits per heavy atom. The minimum Gasteiger partial charge on any atom is -0.487 e. The molecule has 21 heavy (non-hydrogen) atoms. The zero-order chi connectivity index (χ0) is 16.2. The van der Waals surface area contributed by atoms with E-state index in [1.807, 2.05) is 6.07 Å². The molecule has 1 unspecified atom stereocenters. The second-order valence-electron chi connectivity index (χ2n) is 4.73. The number of nitriles is 1. The van der Waals surface area contributed by atoms with Crippen LogP contribution in [0.15, 0.2) is 0 Å². The summed E-state index contributed by atoms with van der Waals surface area (Å²) in [5.74, 6) is -11.7. The molecular weight excluding hydrogens is 295 g/mol. The van der Waals surface area contributed by atoms with E-state index in [0.29, 0.717) is 12.8 Å². The highest BCUT2D eigenvalue weighted by atomic mass is 19.2. The maximum atomic E-state index is 13.2. The molecular formula is C13H13F5N2O. The topological polar surface area (TPSA) is 59.0 Å². The predicted octanol–water partition coefficient (Wildman–Crippen LogP) is 3.17. The fourth-order valence-electron chi connectivity index (χ4n) is 1.54. The molecule has 0 aromatic heterocycles. The number of hydrogen-bond acceptors (Lipinski definition) is 3. The van der Waals surface area contributed by atoms with Gasteiger partial charge >= 0.3 is 0 Å². The molecule has 8 heteroatoms. The lowest BCUT2D eigenvalue weighted by atomic mass is 9.98. The lowest BCUT2D eigenvalue weighted by Gasteiger charge is -2.15. The third-order valence-corrected chi connectivity index (χ3v) is 2.76. The molecule has 0 saturated carbocycles. The van der Waals surface area contributed by atoms with E-state index >= 15 is 0 Å². The smallest absolute Gasteiger partial charge is 0.206 e. The van der Waals surface area contributed by atoms with Gasteiger partial charge in [0, 0.05) is 0 Å². The van der Waals surface area contributed by atoms with Gasteiger partial charge in [0.1, 0.15) is 5.54 Å². The number of unbranched alkanes of at least 4 members (excludes halogenated alkanes) is 1. The summed E-state index contributed by atoms with van der Waals surface area (Å²) in [6.45, 7) is 1.25. The van der Waals surface area contributed by atoms with Crippen LogP contribution in [0.1, 0.15) is 26.2 Å². The van der Waals surface area contributed by atoms with E-state index in [0.717, 1.165) is 0 Å². The van der Waals surface area contributed by atoms with Gasteiger partial charge in [-0.1, -0.05) is 0 Å². The van der Waals surface area contributed by atoms with E-state index in [-0.39, 0.29) is 13.0 Å². The van der Waals surface area contributed by atoms with Crippen molar-refractivity contribution in [3.8, 4) is 11.8 Å². The van der Waals surface area contributed by atoms with Crippen molar-refractivity contribution in [3.05, 3.63) is 29.1 Å². The first-order valence-corrected chi connectivity index (χ1v) is 6.05. The van der Waals surface area contributed by atoms with Gasteiger partial charge in [-0.3, -0.25) is 0 Å². The molecule has 1 rings (SSSR count). The summed E-state index contributed by atoms with van der Waals surface area (Å²) in [4.78, 5) is 0. The lowest BCUT2D eigenvalue weighted by Crippen LogP contribution is -2.33. The van der Waals surface area contributed by atoms with Crippen LogP contribution in [0.5, 0.6) is 5.75 Å². The van der Waals surface area contributed by atoms with Gasteiger partial charge in [-0.2, -0.15) is 14.0 Å². The molecule has 116 valence electrons. The molecule has 0 heterocycles. The van der Waals surface area contributed by atoms with E-state index in [2.05, 4.69) is 4.74 Å². The van der Waals surface area contributed by atoms with Gasteiger partial charge in [0.25, 0.3) is 0 Å². The number of nitrogens with zero attached hydrogens (tertiary/aromatic N) is 1. The maximum absolute atomic E-state index is 13.2. The molecule has 1 atom stereocenters. The first kappa shape index (κ1) is 17.2. The second kappa shape index (κ2) is 6.72. The number of rotatable bonds is 6. The number of benzene rings is 1. The van der Waals surface area contributed by atoms with Crippen molar-refractivity contribution in [2.24, 2.45) is 5.73 Å². The van der Waals surface area contributed by atoms with E-state index in [4.69, 9.17) is 11.0 Å². The van der Waals surface area contributed by atoms with E-state index in [9.17, 15) is 22.0 Å². The Labute approximate surface area is 118 Å². The summed E-state index contributed by atoms with van der Waals surface area (Å²) in [5.41, 5.74) is 4.51. The summed E-state index contributed by atoms with van der Waals surface area (Å²) in [5, 5.41) is 8.66. The van der Waals surface area contributed by atoms with Gasteiger partial charge in [-0.25, -0.2) is 13.2 Å². The zero-order valence-corrected chi connectivity index (χ0v) is 11.2. The van der Waals surface area contributed by atoms with E-state index < -0.39 is 40.4 Å². The molecule has 0 bridgehead atoms. The summed E-state index contributed by atoms with van der Waals surface area (Å²) in [6, 6.07) is 1.87. The van der Waals surface area contributed by atoms with Crippen LogP contribution in [0.3, 0.4) is 0 Å². The molecule has 0 fully saturated rings. The molecule has 1 aromatic carbocycles. The molecule has 0 aliphatic heterocycles. The monoisotopic (exact) mass is 308 g/mol. The largest absolute Gasteiger partial charge is 0.487 e. The molecule has 1 aromatic rings. The fourth-order valence-corrected chi connectivity index (χ4v) is 1.54. The normalized spacial score (nSPS) is 13.6. The maximum Gasteiger partial charge on any atom is 0.206 e. The quantitative estimate of drug-likeness (QED) is 0.380. The van der Waals surface area contributed by atoms with Gasteiger partial charge in [0.2, 0.25) is 29.1 Å². The Kier molecular flexibility index (Phi) is 5.49. The van der Waals surface area contributed by atoms with E-state index in [1.165, 1.54) is 6.92 Å². The SMILES string of the molecule is CC(N)(C#N)CCCCOc1c(F)c(F)c(F)c(F)c1F. The van der Waals surface area contributed by atoms with Gasteiger partial charge < -0.3 is 10.5 Å². The third-order valence-electron chi connectivity index (χ3n) is 2.76. The van der Waals surface area contributed by atoms with Crippen LogP contribution < -0.4 is 10.5 Å². The fraction of sp³-hybridized carbons (Fsp3) is 0.462. The summed E-state index contributed by atoms with van der Waals surface area (Å²) < 4.78 is 69.7. The molecule has 3 nitrogen and oxygen atoms in total. The Bertz CT molecular complexity index is 540. The first-order valence-electron chi connectivity index (χ1n) is 6.05. The van der Waals surface area contributed by atoms with Crippen molar-refractivity contribution in [2.45, 2.75) is 31.7 Å². The Morgan fingerprint density at radius 3 is 1.95 bits per heavy atom. The zero-order valence-electron chi connectivity index (χ0n) is 11.2. The minimum atomic E-state index is -2.23. The molecule has 0 aliphatic rings. The lowest BCUT2D eigenvalue weighted by molar-refractivity contribution is 0.254. The number of ether oxygens (including phenoxy) is 1. The summed E-state index contributed by atoms with van der Waals surface area (Å²) in [6.07, 6.45) is 0.952. The predicted molar refractivity (Wildman–Crippen MR) is 63.8 cm³/mol. The molecule has 0 aliphatic carbocycles. The van der Waals surface area contributed by atoms with Gasteiger partial charge in [-0.05, 0) is 26.2 Å². The molecule has 0 amide bonds. The van der Waals surface area contributed by atoms with Gasteiger partial charge in [0.15, 0.2) is 5.75 Å². The first-order chi connectivity index (χ1) is 9.71. The van der Waals surface area contributed by atoms with Crippen molar-refractivity contribution in [1.82, 2.24) is 0 Å². The van der Waals surface area contributed by atoms with Crippen LogP contribution in [0, 0.1) is 40.4 Å². The van der Waals surface area contributed by atoms with Gasteiger partial charge in [0.05, 0.1) is 12.7 Å². The van der Waals surface area contributed by atoms with Crippen LogP contribution in [-0.4, -0.2) is 12.1 Å². The molecule has 0 spiro atoms. The van der Waals surface area contributed by atoms with Crippen molar-refractivity contribution in [2.75, 3.05) is 6.61 Å². The van der Waals surface area contributed by atoms with Crippen LogP contribution >= 0.6 is 0 Å². The Hall–Kier alpha value is -1.88.